The highest BCUT2D eigenvalue weighted by Gasteiger charge is 2.28. The molecule has 2 N–H and O–H groups in total. The maximum absolute atomic E-state index is 10.4. The zero-order chi connectivity index (χ0) is 14.6. The molecule has 3 heteroatoms. The molecule has 1 aromatic carbocycles. The number of thioether (sulfide) groups is 1. The third-order valence-electron chi connectivity index (χ3n) is 4.03. The van der Waals surface area contributed by atoms with Crippen LogP contribution in [0.2, 0.25) is 0 Å². The van der Waals surface area contributed by atoms with Gasteiger partial charge in [0.1, 0.15) is 0 Å². The van der Waals surface area contributed by atoms with Gasteiger partial charge in [-0.05, 0) is 40.9 Å². The summed E-state index contributed by atoms with van der Waals surface area (Å²) in [5.41, 5.74) is 2.37. The molecule has 0 saturated carbocycles. The summed E-state index contributed by atoms with van der Waals surface area (Å²) in [6.07, 6.45) is 1.82. The second-order valence-electron chi connectivity index (χ2n) is 6.89. The summed E-state index contributed by atoms with van der Waals surface area (Å²) in [4.78, 5) is 0. The van der Waals surface area contributed by atoms with Crippen LogP contribution in [0.3, 0.4) is 0 Å². The molecule has 0 aromatic heterocycles. The van der Waals surface area contributed by atoms with Crippen LogP contribution in [-0.4, -0.2) is 28.8 Å². The van der Waals surface area contributed by atoms with E-state index >= 15 is 0 Å². The summed E-state index contributed by atoms with van der Waals surface area (Å²) in [5, 5.41) is 13.8. The van der Waals surface area contributed by atoms with Crippen molar-refractivity contribution in [2.45, 2.75) is 51.2 Å². The lowest BCUT2D eigenvalue weighted by Crippen LogP contribution is -2.43. The van der Waals surface area contributed by atoms with Crippen molar-refractivity contribution in [2.75, 3.05) is 18.1 Å². The zero-order valence-corrected chi connectivity index (χ0v) is 13.7. The Labute approximate surface area is 127 Å². The molecule has 112 valence electrons. The minimum Gasteiger partial charge on any atom is -0.389 e. The van der Waals surface area contributed by atoms with Crippen LogP contribution in [-0.2, 0) is 12.0 Å². The summed E-state index contributed by atoms with van der Waals surface area (Å²) in [5.74, 6) is 2.16. The maximum atomic E-state index is 10.4. The molecule has 1 aromatic rings. The number of hydrogen-bond donors (Lipinski definition) is 2. The fraction of sp³-hybridized carbons (Fsp3) is 0.647. The van der Waals surface area contributed by atoms with Crippen LogP contribution in [0, 0.1) is 0 Å². The van der Waals surface area contributed by atoms with Crippen molar-refractivity contribution < 1.29 is 5.11 Å². The van der Waals surface area contributed by atoms with Crippen molar-refractivity contribution in [3.05, 3.63) is 35.4 Å². The number of nitrogens with one attached hydrogen (secondary N) is 1. The summed E-state index contributed by atoms with van der Waals surface area (Å²) < 4.78 is 0. The molecule has 1 aliphatic rings. The fourth-order valence-electron chi connectivity index (χ4n) is 2.49. The molecular weight excluding hydrogens is 266 g/mol. The molecule has 1 saturated heterocycles. The van der Waals surface area contributed by atoms with Crippen LogP contribution < -0.4 is 5.32 Å². The van der Waals surface area contributed by atoms with E-state index in [2.05, 4.69) is 50.4 Å². The molecule has 1 fully saturated rings. The predicted molar refractivity (Wildman–Crippen MR) is 88.4 cm³/mol. The van der Waals surface area contributed by atoms with Crippen LogP contribution in [0.15, 0.2) is 24.3 Å². The Morgan fingerprint density at radius 2 is 1.75 bits per heavy atom. The molecule has 1 aliphatic heterocycles. The molecule has 0 bridgehead atoms. The lowest BCUT2D eigenvalue weighted by Gasteiger charge is -2.32. The topological polar surface area (TPSA) is 32.3 Å². The number of aliphatic hydroxyl groups is 1. The minimum absolute atomic E-state index is 0.209. The van der Waals surface area contributed by atoms with Crippen LogP contribution in [0.5, 0.6) is 0 Å². The van der Waals surface area contributed by atoms with Gasteiger partial charge in [0.2, 0.25) is 0 Å². The summed E-state index contributed by atoms with van der Waals surface area (Å²) >= 11 is 1.94. The molecule has 0 amide bonds. The van der Waals surface area contributed by atoms with E-state index in [0.29, 0.717) is 6.54 Å². The van der Waals surface area contributed by atoms with E-state index in [1.54, 1.807) is 0 Å². The Morgan fingerprint density at radius 3 is 2.30 bits per heavy atom. The first kappa shape index (κ1) is 15.9. The molecule has 0 radical (unpaired) electrons. The molecule has 0 aliphatic carbocycles. The van der Waals surface area contributed by atoms with Crippen LogP contribution in [0.25, 0.3) is 0 Å². The minimum atomic E-state index is -0.489. The van der Waals surface area contributed by atoms with Crippen molar-refractivity contribution in [1.29, 1.82) is 0 Å². The predicted octanol–water partition coefficient (Wildman–Crippen LogP) is 3.33. The van der Waals surface area contributed by atoms with Gasteiger partial charge in [0.15, 0.2) is 0 Å². The average molecular weight is 293 g/mol. The first-order valence-corrected chi connectivity index (χ1v) is 8.65. The monoisotopic (exact) mass is 293 g/mol. The highest BCUT2D eigenvalue weighted by atomic mass is 32.2. The Bertz CT molecular complexity index is 416. The van der Waals surface area contributed by atoms with Gasteiger partial charge < -0.3 is 10.4 Å². The average Bonchev–Trinajstić information content (AvgIpc) is 2.39. The summed E-state index contributed by atoms with van der Waals surface area (Å²) in [6, 6.07) is 8.80. The van der Waals surface area contributed by atoms with E-state index in [1.807, 2.05) is 11.8 Å². The van der Waals surface area contributed by atoms with Gasteiger partial charge in [-0.25, -0.2) is 0 Å². The quantitative estimate of drug-likeness (QED) is 0.893. The Hall–Kier alpha value is -0.510. The second-order valence-corrected chi connectivity index (χ2v) is 8.11. The van der Waals surface area contributed by atoms with Gasteiger partial charge in [0.05, 0.1) is 5.60 Å². The van der Waals surface area contributed by atoms with E-state index in [0.717, 1.165) is 30.9 Å². The number of hydrogen-bond acceptors (Lipinski definition) is 3. The van der Waals surface area contributed by atoms with Crippen molar-refractivity contribution in [1.82, 2.24) is 5.32 Å². The summed E-state index contributed by atoms with van der Waals surface area (Å²) in [7, 11) is 0. The van der Waals surface area contributed by atoms with Gasteiger partial charge in [-0.3, -0.25) is 0 Å². The van der Waals surface area contributed by atoms with Gasteiger partial charge in [-0.15, -0.1) is 0 Å². The van der Waals surface area contributed by atoms with Crippen molar-refractivity contribution >= 4 is 11.8 Å². The number of rotatable bonds is 4. The molecule has 1 heterocycles. The van der Waals surface area contributed by atoms with Gasteiger partial charge >= 0.3 is 0 Å². The Morgan fingerprint density at radius 1 is 1.15 bits per heavy atom. The number of benzene rings is 1. The van der Waals surface area contributed by atoms with Gasteiger partial charge in [0.25, 0.3) is 0 Å². The zero-order valence-electron chi connectivity index (χ0n) is 12.9. The van der Waals surface area contributed by atoms with Gasteiger partial charge in [-0.2, -0.15) is 11.8 Å². The molecule has 0 spiro atoms. The fourth-order valence-corrected chi connectivity index (χ4v) is 3.74. The van der Waals surface area contributed by atoms with Crippen molar-refractivity contribution in [2.24, 2.45) is 0 Å². The summed E-state index contributed by atoms with van der Waals surface area (Å²) in [6.45, 7) is 8.24. The van der Waals surface area contributed by atoms with Gasteiger partial charge in [-0.1, -0.05) is 45.0 Å². The Balaban J connectivity index is 1.82. The molecule has 0 unspecified atom stereocenters. The lowest BCUT2D eigenvalue weighted by atomic mass is 9.87. The highest BCUT2D eigenvalue weighted by Crippen LogP contribution is 2.26. The van der Waals surface area contributed by atoms with E-state index in [4.69, 9.17) is 0 Å². The Kier molecular flexibility index (Phi) is 5.16. The standard InChI is InChI=1S/C17H27NOS/c1-16(2,3)15-6-4-14(5-7-15)12-18-13-17(19)8-10-20-11-9-17/h4-7,18-19H,8-13H2,1-3H3. The van der Waals surface area contributed by atoms with Crippen molar-refractivity contribution in [3.63, 3.8) is 0 Å². The highest BCUT2D eigenvalue weighted by molar-refractivity contribution is 7.99. The molecule has 2 rings (SSSR count). The van der Waals surface area contributed by atoms with E-state index in [1.165, 1.54) is 11.1 Å². The van der Waals surface area contributed by atoms with Crippen molar-refractivity contribution in [3.8, 4) is 0 Å². The third kappa shape index (κ3) is 4.51. The first-order valence-electron chi connectivity index (χ1n) is 7.49. The normalized spacial score (nSPS) is 19.0. The second kappa shape index (κ2) is 6.50. The van der Waals surface area contributed by atoms with Gasteiger partial charge in [0, 0.05) is 13.1 Å². The first-order chi connectivity index (χ1) is 9.39. The van der Waals surface area contributed by atoms with Crippen LogP contribution in [0.1, 0.15) is 44.7 Å². The SMILES string of the molecule is CC(C)(C)c1ccc(CNCC2(O)CCSCC2)cc1. The largest absolute Gasteiger partial charge is 0.389 e. The molecule has 0 atom stereocenters. The molecular formula is C17H27NOS. The maximum Gasteiger partial charge on any atom is 0.0787 e. The lowest BCUT2D eigenvalue weighted by molar-refractivity contribution is 0.0320. The molecule has 20 heavy (non-hydrogen) atoms. The van der Waals surface area contributed by atoms with Crippen LogP contribution in [0.4, 0.5) is 0 Å². The van der Waals surface area contributed by atoms with E-state index in [9.17, 15) is 5.11 Å². The third-order valence-corrected chi connectivity index (χ3v) is 5.01. The van der Waals surface area contributed by atoms with Crippen LogP contribution >= 0.6 is 11.8 Å². The molecule has 2 nitrogen and oxygen atoms in total. The van der Waals surface area contributed by atoms with E-state index < -0.39 is 5.60 Å². The van der Waals surface area contributed by atoms with E-state index in [-0.39, 0.29) is 5.41 Å². The smallest absolute Gasteiger partial charge is 0.0787 e.